The summed E-state index contributed by atoms with van der Waals surface area (Å²) < 4.78 is 64.2. The zero-order valence-corrected chi connectivity index (χ0v) is 14.3. The van der Waals surface area contributed by atoms with E-state index < -0.39 is 31.7 Å². The molecule has 0 saturated carbocycles. The number of halogens is 5. The molecule has 128 valence electrons. The van der Waals surface area contributed by atoms with Gasteiger partial charge >= 0.3 is 6.18 Å². The van der Waals surface area contributed by atoms with E-state index >= 15 is 0 Å². The van der Waals surface area contributed by atoms with Gasteiger partial charge < -0.3 is 4.90 Å². The van der Waals surface area contributed by atoms with Crippen molar-refractivity contribution >= 4 is 34.0 Å². The number of nitrogens with one attached hydrogen (secondary N) is 1. The minimum absolute atomic E-state index is 0. The topological polar surface area (TPSA) is 49.4 Å². The molecule has 0 heterocycles. The lowest BCUT2D eigenvalue weighted by atomic mass is 10.2. The van der Waals surface area contributed by atoms with Gasteiger partial charge in [-0.1, -0.05) is 11.6 Å². The fourth-order valence-corrected chi connectivity index (χ4v) is 2.90. The first kappa shape index (κ1) is 21.5. The number of hydrogen-bond donors (Lipinski definition) is 1. The van der Waals surface area contributed by atoms with Crippen LogP contribution in [0.15, 0.2) is 23.1 Å². The monoisotopic (exact) mass is 380 g/mol. The Morgan fingerprint density at radius 3 is 2.36 bits per heavy atom. The number of alkyl halides is 3. The highest BCUT2D eigenvalue weighted by Crippen LogP contribution is 2.35. The lowest BCUT2D eigenvalue weighted by molar-refractivity contribution is -0.137. The summed E-state index contributed by atoms with van der Waals surface area (Å²) in [4.78, 5) is 1.42. The smallest absolute Gasteiger partial charge is 0.309 e. The van der Waals surface area contributed by atoms with Gasteiger partial charge in [-0.3, -0.25) is 0 Å². The first-order chi connectivity index (χ1) is 9.54. The standard InChI is InChI=1S/C12H16ClF3N2O2S.ClH/c1-18(2)7-3-6-17-21(19,20)9-4-5-11(13)10(8-9)12(14,15)16;/h4-5,8,17H,3,6-7H2,1-2H3;1H. The molecule has 10 heteroatoms. The van der Waals surface area contributed by atoms with Gasteiger partial charge in [-0.2, -0.15) is 13.2 Å². The fourth-order valence-electron chi connectivity index (χ4n) is 1.57. The minimum Gasteiger partial charge on any atom is -0.309 e. The molecule has 0 aromatic heterocycles. The van der Waals surface area contributed by atoms with Gasteiger partial charge in [-0.25, -0.2) is 13.1 Å². The van der Waals surface area contributed by atoms with Crippen molar-refractivity contribution in [2.24, 2.45) is 0 Å². The van der Waals surface area contributed by atoms with Crippen molar-refractivity contribution in [1.82, 2.24) is 9.62 Å². The Hall–Kier alpha value is -0.540. The molecule has 0 aliphatic rings. The van der Waals surface area contributed by atoms with Gasteiger partial charge in [0, 0.05) is 6.54 Å². The third kappa shape index (κ3) is 6.29. The minimum atomic E-state index is -4.70. The van der Waals surface area contributed by atoms with Crippen LogP contribution in [0.4, 0.5) is 13.2 Å². The van der Waals surface area contributed by atoms with Gasteiger partial charge in [-0.15, -0.1) is 12.4 Å². The van der Waals surface area contributed by atoms with Gasteiger partial charge in [0.2, 0.25) is 10.0 Å². The molecule has 1 aromatic carbocycles. The highest BCUT2D eigenvalue weighted by Gasteiger charge is 2.34. The lowest BCUT2D eigenvalue weighted by Crippen LogP contribution is -2.27. The predicted octanol–water partition coefficient (Wildman–Crippen LogP) is 3.01. The number of rotatable bonds is 6. The number of nitrogens with zero attached hydrogens (tertiary/aromatic N) is 1. The van der Waals surface area contributed by atoms with Gasteiger partial charge in [0.05, 0.1) is 15.5 Å². The number of benzene rings is 1. The summed E-state index contributed by atoms with van der Waals surface area (Å²) in [5, 5.41) is -0.533. The molecule has 1 aromatic rings. The Balaban J connectivity index is 0.00000441. The van der Waals surface area contributed by atoms with E-state index in [9.17, 15) is 21.6 Å². The molecule has 0 bridgehead atoms. The fraction of sp³-hybridized carbons (Fsp3) is 0.500. The van der Waals surface area contributed by atoms with E-state index in [2.05, 4.69) is 4.72 Å². The van der Waals surface area contributed by atoms with Crippen LogP contribution in [-0.4, -0.2) is 40.5 Å². The zero-order valence-electron chi connectivity index (χ0n) is 11.9. The van der Waals surface area contributed by atoms with Gasteiger partial charge in [-0.05, 0) is 45.3 Å². The molecular formula is C12H17Cl2F3N2O2S. The average Bonchev–Trinajstić information content (AvgIpc) is 2.33. The van der Waals surface area contributed by atoms with Crippen molar-refractivity contribution in [2.45, 2.75) is 17.5 Å². The maximum Gasteiger partial charge on any atom is 0.417 e. The molecule has 0 amide bonds. The number of sulfonamides is 1. The van der Waals surface area contributed by atoms with Gasteiger partial charge in [0.15, 0.2) is 0 Å². The van der Waals surface area contributed by atoms with Crippen molar-refractivity contribution in [3.63, 3.8) is 0 Å². The van der Waals surface area contributed by atoms with Crippen LogP contribution in [0.3, 0.4) is 0 Å². The van der Waals surface area contributed by atoms with Crippen LogP contribution in [-0.2, 0) is 16.2 Å². The molecule has 0 saturated heterocycles. The van der Waals surface area contributed by atoms with E-state index in [1.807, 2.05) is 19.0 Å². The van der Waals surface area contributed by atoms with Crippen molar-refractivity contribution < 1.29 is 21.6 Å². The van der Waals surface area contributed by atoms with Crippen LogP contribution >= 0.6 is 24.0 Å². The zero-order chi connectivity index (χ0) is 16.3. The van der Waals surface area contributed by atoms with Crippen LogP contribution in [0.25, 0.3) is 0 Å². The van der Waals surface area contributed by atoms with E-state index in [1.165, 1.54) is 0 Å². The Morgan fingerprint density at radius 2 is 1.86 bits per heavy atom. The molecule has 0 fully saturated rings. The quantitative estimate of drug-likeness (QED) is 0.771. The third-order valence-electron chi connectivity index (χ3n) is 2.63. The van der Waals surface area contributed by atoms with E-state index in [0.717, 1.165) is 12.1 Å². The highest BCUT2D eigenvalue weighted by molar-refractivity contribution is 7.89. The average molecular weight is 381 g/mol. The Bertz CT molecular complexity index is 593. The van der Waals surface area contributed by atoms with Crippen molar-refractivity contribution in [3.05, 3.63) is 28.8 Å². The molecule has 22 heavy (non-hydrogen) atoms. The summed E-state index contributed by atoms with van der Waals surface area (Å²) in [5.74, 6) is 0. The summed E-state index contributed by atoms with van der Waals surface area (Å²) in [6.45, 7) is 0.807. The first-order valence-electron chi connectivity index (χ1n) is 6.05. The van der Waals surface area contributed by atoms with Crippen LogP contribution in [0, 0.1) is 0 Å². The van der Waals surface area contributed by atoms with E-state index in [4.69, 9.17) is 11.6 Å². The summed E-state index contributed by atoms with van der Waals surface area (Å²) in [6, 6.07) is 2.52. The maximum absolute atomic E-state index is 12.7. The first-order valence-corrected chi connectivity index (χ1v) is 7.91. The molecular weight excluding hydrogens is 364 g/mol. The largest absolute Gasteiger partial charge is 0.417 e. The van der Waals surface area contributed by atoms with Crippen LogP contribution in [0.2, 0.25) is 5.02 Å². The molecule has 0 spiro atoms. The summed E-state index contributed by atoms with van der Waals surface area (Å²) in [5.41, 5.74) is -1.17. The molecule has 1 rings (SSSR count). The van der Waals surface area contributed by atoms with E-state index in [1.54, 1.807) is 0 Å². The second-order valence-electron chi connectivity index (χ2n) is 4.69. The van der Waals surface area contributed by atoms with Crippen molar-refractivity contribution in [3.8, 4) is 0 Å². The second kappa shape index (κ2) is 8.35. The van der Waals surface area contributed by atoms with E-state index in [-0.39, 0.29) is 19.0 Å². The van der Waals surface area contributed by atoms with E-state index in [0.29, 0.717) is 19.0 Å². The van der Waals surface area contributed by atoms with Crippen LogP contribution in [0.5, 0.6) is 0 Å². The third-order valence-corrected chi connectivity index (χ3v) is 4.42. The maximum atomic E-state index is 12.7. The second-order valence-corrected chi connectivity index (χ2v) is 6.87. The molecule has 0 aliphatic heterocycles. The predicted molar refractivity (Wildman–Crippen MR) is 82.1 cm³/mol. The van der Waals surface area contributed by atoms with Crippen LogP contribution in [0.1, 0.15) is 12.0 Å². The van der Waals surface area contributed by atoms with Gasteiger partial charge in [0.25, 0.3) is 0 Å². The molecule has 0 atom stereocenters. The summed E-state index contributed by atoms with van der Waals surface area (Å²) in [6.07, 6.45) is -4.15. The molecule has 0 aliphatic carbocycles. The molecule has 4 nitrogen and oxygen atoms in total. The lowest BCUT2D eigenvalue weighted by Gasteiger charge is -2.13. The highest BCUT2D eigenvalue weighted by atomic mass is 35.5. The summed E-state index contributed by atoms with van der Waals surface area (Å²) in [7, 11) is -0.312. The number of hydrogen-bond acceptors (Lipinski definition) is 3. The Morgan fingerprint density at radius 1 is 1.27 bits per heavy atom. The summed E-state index contributed by atoms with van der Waals surface area (Å²) >= 11 is 5.45. The van der Waals surface area contributed by atoms with Gasteiger partial charge in [0.1, 0.15) is 0 Å². The normalized spacial score (nSPS) is 12.3. The SMILES string of the molecule is CN(C)CCCNS(=O)(=O)c1ccc(Cl)c(C(F)(F)F)c1.Cl. The van der Waals surface area contributed by atoms with Crippen LogP contribution < -0.4 is 4.72 Å². The Labute approximate surface area is 139 Å². The molecule has 0 radical (unpaired) electrons. The van der Waals surface area contributed by atoms with Crippen molar-refractivity contribution in [2.75, 3.05) is 27.2 Å². The van der Waals surface area contributed by atoms with Crippen molar-refractivity contribution in [1.29, 1.82) is 0 Å². The molecule has 1 N–H and O–H groups in total. The molecule has 0 unspecified atom stereocenters. The Kier molecular flexibility index (Phi) is 8.15.